The maximum Gasteiger partial charge on any atom is 0.101 e. The first kappa shape index (κ1) is 22.6. The van der Waals surface area contributed by atoms with Crippen LogP contribution in [-0.2, 0) is 14.2 Å². The second kappa shape index (κ2) is 16.5. The van der Waals surface area contributed by atoms with E-state index in [0.717, 1.165) is 0 Å². The number of ether oxygens (including phenoxy) is 3. The van der Waals surface area contributed by atoms with Gasteiger partial charge in [0.25, 0.3) is 0 Å². The Balaban J connectivity index is 3.44. The van der Waals surface area contributed by atoms with Crippen molar-refractivity contribution in [3.05, 3.63) is 0 Å². The van der Waals surface area contributed by atoms with Crippen molar-refractivity contribution >= 4 is 0 Å². The molecule has 0 aromatic heterocycles. The van der Waals surface area contributed by atoms with Gasteiger partial charge in [-0.3, -0.25) is 4.90 Å². The number of hydrogen-bond acceptors (Lipinski definition) is 9. The standard InChI is InChI=1S/C14H31NO8/c16-4-1-15(2-5-17)3-6-21-11-14(20)12-23-8-7-22-10-13(19)9-18/h13-14,16-20H,1-12H2. The highest BCUT2D eigenvalue weighted by molar-refractivity contribution is 4.57. The summed E-state index contributed by atoms with van der Waals surface area (Å²) >= 11 is 0. The van der Waals surface area contributed by atoms with Gasteiger partial charge in [-0.25, -0.2) is 0 Å². The van der Waals surface area contributed by atoms with E-state index in [0.29, 0.717) is 26.2 Å². The summed E-state index contributed by atoms with van der Waals surface area (Å²) in [5.74, 6) is 0. The van der Waals surface area contributed by atoms with Crippen molar-refractivity contribution < 1.29 is 39.7 Å². The molecule has 0 heterocycles. The highest BCUT2D eigenvalue weighted by Crippen LogP contribution is 1.92. The molecule has 0 saturated carbocycles. The van der Waals surface area contributed by atoms with Crippen molar-refractivity contribution in [1.29, 1.82) is 0 Å². The van der Waals surface area contributed by atoms with E-state index in [1.807, 2.05) is 4.90 Å². The first-order valence-electron chi connectivity index (χ1n) is 7.78. The predicted octanol–water partition coefficient (Wildman–Crippen LogP) is -2.96. The van der Waals surface area contributed by atoms with Crippen LogP contribution in [0.4, 0.5) is 0 Å². The number of aliphatic hydroxyl groups is 5. The van der Waals surface area contributed by atoms with Gasteiger partial charge < -0.3 is 39.7 Å². The molecule has 0 radical (unpaired) electrons. The lowest BCUT2D eigenvalue weighted by Crippen LogP contribution is -2.33. The number of hydrogen-bond donors (Lipinski definition) is 5. The summed E-state index contributed by atoms with van der Waals surface area (Å²) in [6.07, 6.45) is -1.63. The van der Waals surface area contributed by atoms with Crippen LogP contribution >= 0.6 is 0 Å². The van der Waals surface area contributed by atoms with Crippen molar-refractivity contribution in [2.45, 2.75) is 12.2 Å². The summed E-state index contributed by atoms with van der Waals surface area (Å²) in [5, 5.41) is 45.0. The minimum atomic E-state index is -0.884. The highest BCUT2D eigenvalue weighted by atomic mass is 16.5. The van der Waals surface area contributed by atoms with Gasteiger partial charge in [0.1, 0.15) is 12.2 Å². The first-order chi connectivity index (χ1) is 11.1. The van der Waals surface area contributed by atoms with Gasteiger partial charge in [-0.1, -0.05) is 0 Å². The molecule has 0 rings (SSSR count). The van der Waals surface area contributed by atoms with Gasteiger partial charge in [0.15, 0.2) is 0 Å². The van der Waals surface area contributed by atoms with Crippen molar-refractivity contribution in [2.24, 2.45) is 0 Å². The fourth-order valence-electron chi connectivity index (χ4n) is 1.69. The SMILES string of the molecule is OCCN(CCO)CCOCC(O)COCCOCC(O)CO. The molecule has 2 unspecified atom stereocenters. The van der Waals surface area contributed by atoms with Gasteiger partial charge in [-0.2, -0.15) is 0 Å². The Bertz CT molecular complexity index is 241. The van der Waals surface area contributed by atoms with Crippen molar-refractivity contribution in [3.63, 3.8) is 0 Å². The summed E-state index contributed by atoms with van der Waals surface area (Å²) in [5.41, 5.74) is 0. The van der Waals surface area contributed by atoms with Crippen LogP contribution in [0.25, 0.3) is 0 Å². The second-order valence-corrected chi connectivity index (χ2v) is 5.00. The van der Waals surface area contributed by atoms with Crippen LogP contribution < -0.4 is 0 Å². The van der Waals surface area contributed by atoms with Gasteiger partial charge in [-0.05, 0) is 0 Å². The van der Waals surface area contributed by atoms with Gasteiger partial charge in [0.05, 0.1) is 59.5 Å². The fourth-order valence-corrected chi connectivity index (χ4v) is 1.69. The minimum absolute atomic E-state index is 0.0217. The quantitative estimate of drug-likeness (QED) is 0.176. The third-order valence-electron chi connectivity index (χ3n) is 2.90. The number of nitrogens with zero attached hydrogens (tertiary/aromatic N) is 1. The highest BCUT2D eigenvalue weighted by Gasteiger charge is 2.07. The molecule has 2 atom stereocenters. The second-order valence-electron chi connectivity index (χ2n) is 5.00. The molecule has 0 aliphatic carbocycles. The molecule has 0 aliphatic heterocycles. The van der Waals surface area contributed by atoms with E-state index in [-0.39, 0.29) is 52.9 Å². The molecule has 5 N–H and O–H groups in total. The van der Waals surface area contributed by atoms with Gasteiger partial charge >= 0.3 is 0 Å². The molecular weight excluding hydrogens is 310 g/mol. The third-order valence-corrected chi connectivity index (χ3v) is 2.90. The lowest BCUT2D eigenvalue weighted by molar-refractivity contribution is -0.0462. The zero-order chi connectivity index (χ0) is 17.3. The Kier molecular flexibility index (Phi) is 16.2. The summed E-state index contributed by atoms with van der Waals surface area (Å²) in [7, 11) is 0. The largest absolute Gasteiger partial charge is 0.395 e. The van der Waals surface area contributed by atoms with Crippen molar-refractivity contribution in [2.75, 3.05) is 79.1 Å². The van der Waals surface area contributed by atoms with Crippen LogP contribution in [0.3, 0.4) is 0 Å². The molecular formula is C14H31NO8. The van der Waals surface area contributed by atoms with Crippen LogP contribution in [0.5, 0.6) is 0 Å². The average Bonchev–Trinajstić information content (AvgIpc) is 2.54. The fraction of sp³-hybridized carbons (Fsp3) is 1.00. The molecule has 0 fully saturated rings. The molecule has 23 heavy (non-hydrogen) atoms. The Morgan fingerprint density at radius 1 is 0.652 bits per heavy atom. The molecule has 9 nitrogen and oxygen atoms in total. The van der Waals surface area contributed by atoms with Crippen molar-refractivity contribution in [3.8, 4) is 0 Å². The smallest absolute Gasteiger partial charge is 0.101 e. The monoisotopic (exact) mass is 341 g/mol. The van der Waals surface area contributed by atoms with E-state index in [2.05, 4.69) is 0 Å². The van der Waals surface area contributed by atoms with E-state index in [9.17, 15) is 5.11 Å². The predicted molar refractivity (Wildman–Crippen MR) is 82.2 cm³/mol. The minimum Gasteiger partial charge on any atom is -0.395 e. The molecule has 0 aromatic carbocycles. The Hall–Kier alpha value is -0.360. The Labute approximate surface area is 137 Å². The lowest BCUT2D eigenvalue weighted by atomic mass is 10.4. The normalized spacial score (nSPS) is 14.3. The number of rotatable bonds is 17. The summed E-state index contributed by atoms with van der Waals surface area (Å²) in [6, 6.07) is 0. The summed E-state index contributed by atoms with van der Waals surface area (Å²) in [4.78, 5) is 1.86. The molecule has 9 heteroatoms. The maximum atomic E-state index is 9.65. The summed E-state index contributed by atoms with van der Waals surface area (Å²) < 4.78 is 15.6. The Morgan fingerprint density at radius 3 is 1.61 bits per heavy atom. The van der Waals surface area contributed by atoms with Gasteiger partial charge in [-0.15, -0.1) is 0 Å². The molecule has 0 aromatic rings. The van der Waals surface area contributed by atoms with Crippen LogP contribution in [0, 0.1) is 0 Å². The molecule has 0 saturated heterocycles. The number of aliphatic hydroxyl groups excluding tert-OH is 5. The van der Waals surface area contributed by atoms with E-state index in [1.165, 1.54) is 0 Å². The topological polar surface area (TPSA) is 132 Å². The van der Waals surface area contributed by atoms with E-state index < -0.39 is 12.2 Å². The van der Waals surface area contributed by atoms with Gasteiger partial charge in [0, 0.05) is 19.6 Å². The zero-order valence-corrected chi connectivity index (χ0v) is 13.5. The maximum absolute atomic E-state index is 9.65. The van der Waals surface area contributed by atoms with E-state index in [4.69, 9.17) is 34.6 Å². The van der Waals surface area contributed by atoms with Crippen LogP contribution in [0.15, 0.2) is 0 Å². The van der Waals surface area contributed by atoms with Crippen LogP contribution in [-0.4, -0.2) is 122 Å². The molecule has 0 aliphatic rings. The zero-order valence-electron chi connectivity index (χ0n) is 13.5. The van der Waals surface area contributed by atoms with E-state index >= 15 is 0 Å². The molecule has 0 bridgehead atoms. The lowest BCUT2D eigenvalue weighted by Gasteiger charge is -2.20. The van der Waals surface area contributed by atoms with Crippen LogP contribution in [0.1, 0.15) is 0 Å². The first-order valence-corrected chi connectivity index (χ1v) is 7.78. The Morgan fingerprint density at radius 2 is 1.13 bits per heavy atom. The molecule has 0 amide bonds. The van der Waals surface area contributed by atoms with Crippen LogP contribution in [0.2, 0.25) is 0 Å². The average molecular weight is 341 g/mol. The third kappa shape index (κ3) is 14.9. The summed E-state index contributed by atoms with van der Waals surface area (Å²) in [6.45, 7) is 2.43. The molecule has 0 spiro atoms. The molecule has 140 valence electrons. The van der Waals surface area contributed by atoms with Gasteiger partial charge in [0.2, 0.25) is 0 Å². The van der Waals surface area contributed by atoms with Crippen molar-refractivity contribution in [1.82, 2.24) is 4.90 Å². The van der Waals surface area contributed by atoms with E-state index in [1.54, 1.807) is 0 Å².